The molecular weight excluding hydrogens is 395 g/mol. The number of esters is 1. The number of benzene rings is 1. The quantitative estimate of drug-likeness (QED) is 0.657. The number of rotatable bonds is 6. The highest BCUT2D eigenvalue weighted by atomic mass is 32.2. The molecule has 0 radical (unpaired) electrons. The number of amides is 3. The van der Waals surface area contributed by atoms with E-state index in [0.717, 1.165) is 10.4 Å². The second-order valence-electron chi connectivity index (χ2n) is 5.24. The van der Waals surface area contributed by atoms with E-state index < -0.39 is 47.3 Å². The van der Waals surface area contributed by atoms with Gasteiger partial charge in [-0.15, -0.1) is 0 Å². The molecule has 3 amide bonds. The molecule has 0 atom stereocenters. The highest BCUT2D eigenvalue weighted by Crippen LogP contribution is 2.15. The fraction of sp³-hybridized carbons (Fsp3) is 0.357. The Bertz CT molecular complexity index is 824. The second-order valence-corrected chi connectivity index (χ2v) is 7.39. The topological polar surface area (TPSA) is 122 Å². The zero-order chi connectivity index (χ0) is 20.8. The monoisotopic (exact) mass is 411 g/mol. The molecule has 0 aromatic heterocycles. The Labute approximate surface area is 152 Å². The van der Waals surface area contributed by atoms with Gasteiger partial charge in [0, 0.05) is 14.1 Å². The van der Waals surface area contributed by atoms with Crippen molar-refractivity contribution in [3.8, 4) is 0 Å². The normalized spacial score (nSPS) is 11.8. The molecule has 150 valence electrons. The highest BCUT2D eigenvalue weighted by molar-refractivity contribution is 7.89. The van der Waals surface area contributed by atoms with Crippen molar-refractivity contribution in [2.75, 3.05) is 27.2 Å². The van der Waals surface area contributed by atoms with Crippen molar-refractivity contribution < 1.29 is 40.7 Å². The van der Waals surface area contributed by atoms with Gasteiger partial charge in [0.25, 0.3) is 5.91 Å². The number of ether oxygens (including phenoxy) is 1. The van der Waals surface area contributed by atoms with E-state index in [0.29, 0.717) is 0 Å². The first-order valence-electron chi connectivity index (χ1n) is 7.17. The minimum absolute atomic E-state index is 0.174. The minimum Gasteiger partial charge on any atom is -0.452 e. The molecule has 1 aromatic carbocycles. The van der Waals surface area contributed by atoms with Gasteiger partial charge in [-0.2, -0.15) is 13.2 Å². The molecule has 0 fully saturated rings. The SMILES string of the molecule is CN(C)S(=O)(=O)c1cccc(C(=O)OCC(=O)NC(=O)NCC(F)(F)F)c1. The summed E-state index contributed by atoms with van der Waals surface area (Å²) in [6.07, 6.45) is -4.65. The van der Waals surface area contributed by atoms with Crippen LogP contribution in [0.5, 0.6) is 0 Å². The molecule has 0 saturated carbocycles. The zero-order valence-corrected chi connectivity index (χ0v) is 15.0. The average molecular weight is 411 g/mol. The van der Waals surface area contributed by atoms with Crippen LogP contribution in [0.15, 0.2) is 29.2 Å². The Balaban J connectivity index is 2.63. The third kappa shape index (κ3) is 7.22. The van der Waals surface area contributed by atoms with Crippen LogP contribution in [-0.2, 0) is 19.6 Å². The van der Waals surface area contributed by atoms with Crippen LogP contribution >= 0.6 is 0 Å². The van der Waals surface area contributed by atoms with Crippen molar-refractivity contribution in [1.29, 1.82) is 0 Å². The maximum Gasteiger partial charge on any atom is 0.405 e. The predicted octanol–water partition coefficient (Wildman–Crippen LogP) is 0.482. The van der Waals surface area contributed by atoms with Crippen LogP contribution in [-0.4, -0.2) is 64.1 Å². The molecule has 1 rings (SSSR count). The number of carbonyl (C=O) groups is 3. The highest BCUT2D eigenvalue weighted by Gasteiger charge is 2.28. The first-order chi connectivity index (χ1) is 12.3. The van der Waals surface area contributed by atoms with Crippen LogP contribution in [0.25, 0.3) is 0 Å². The summed E-state index contributed by atoms with van der Waals surface area (Å²) in [6.45, 7) is -2.60. The number of alkyl halides is 3. The van der Waals surface area contributed by atoms with Gasteiger partial charge >= 0.3 is 18.2 Å². The predicted molar refractivity (Wildman–Crippen MR) is 85.2 cm³/mol. The van der Waals surface area contributed by atoms with Gasteiger partial charge in [-0.1, -0.05) is 6.07 Å². The largest absolute Gasteiger partial charge is 0.452 e. The maximum absolute atomic E-state index is 12.0. The van der Waals surface area contributed by atoms with Crippen molar-refractivity contribution in [2.45, 2.75) is 11.1 Å². The van der Waals surface area contributed by atoms with Gasteiger partial charge in [0.1, 0.15) is 6.54 Å². The molecule has 0 bridgehead atoms. The van der Waals surface area contributed by atoms with E-state index in [1.807, 2.05) is 0 Å². The number of imide groups is 1. The standard InChI is InChI=1S/C14H16F3N3O6S/c1-20(2)27(24,25)10-5-3-4-9(6-10)12(22)26-7-11(21)19-13(23)18-8-14(15,16)17/h3-6H,7-8H2,1-2H3,(H2,18,19,21,23). The van der Waals surface area contributed by atoms with Crippen molar-refractivity contribution in [1.82, 2.24) is 14.9 Å². The van der Waals surface area contributed by atoms with Crippen LogP contribution in [0.3, 0.4) is 0 Å². The molecule has 27 heavy (non-hydrogen) atoms. The maximum atomic E-state index is 12.0. The molecular formula is C14H16F3N3O6S. The number of hydrogen-bond donors (Lipinski definition) is 2. The number of nitrogens with zero attached hydrogens (tertiary/aromatic N) is 1. The lowest BCUT2D eigenvalue weighted by Crippen LogP contribution is -2.44. The lowest BCUT2D eigenvalue weighted by Gasteiger charge is -2.12. The molecule has 13 heteroatoms. The summed E-state index contributed by atoms with van der Waals surface area (Å²) in [7, 11) is -1.20. The van der Waals surface area contributed by atoms with Gasteiger partial charge in [-0.3, -0.25) is 10.1 Å². The Hall–Kier alpha value is -2.67. The van der Waals surface area contributed by atoms with E-state index in [1.54, 1.807) is 5.32 Å². The number of hydrogen-bond acceptors (Lipinski definition) is 6. The Morgan fingerprint density at radius 3 is 2.37 bits per heavy atom. The summed E-state index contributed by atoms with van der Waals surface area (Å²) in [5.74, 6) is -2.23. The van der Waals surface area contributed by atoms with E-state index in [4.69, 9.17) is 0 Å². The number of nitrogens with one attached hydrogen (secondary N) is 2. The average Bonchev–Trinajstić information content (AvgIpc) is 2.57. The summed E-state index contributed by atoms with van der Waals surface area (Å²) in [5.41, 5.74) is -0.174. The molecule has 0 spiro atoms. The van der Waals surface area contributed by atoms with Gasteiger partial charge in [-0.25, -0.2) is 22.3 Å². The Morgan fingerprint density at radius 1 is 1.19 bits per heavy atom. The molecule has 0 unspecified atom stereocenters. The first-order valence-corrected chi connectivity index (χ1v) is 8.61. The molecule has 0 aliphatic heterocycles. The van der Waals surface area contributed by atoms with E-state index in [-0.39, 0.29) is 10.5 Å². The van der Waals surface area contributed by atoms with E-state index in [9.17, 15) is 36.0 Å². The Kier molecular flexibility index (Phi) is 7.30. The van der Waals surface area contributed by atoms with Crippen molar-refractivity contribution in [3.63, 3.8) is 0 Å². The smallest absolute Gasteiger partial charge is 0.405 e. The molecule has 2 N–H and O–H groups in total. The zero-order valence-electron chi connectivity index (χ0n) is 14.2. The van der Waals surface area contributed by atoms with Crippen LogP contribution in [0.2, 0.25) is 0 Å². The molecule has 1 aromatic rings. The van der Waals surface area contributed by atoms with E-state index in [1.165, 1.54) is 37.6 Å². The molecule has 0 heterocycles. The summed E-state index contributed by atoms with van der Waals surface area (Å²) in [6, 6.07) is 3.41. The van der Waals surface area contributed by atoms with Crippen LogP contribution in [0.4, 0.5) is 18.0 Å². The van der Waals surface area contributed by atoms with E-state index >= 15 is 0 Å². The lowest BCUT2D eigenvalue weighted by atomic mass is 10.2. The van der Waals surface area contributed by atoms with Crippen molar-refractivity contribution in [2.24, 2.45) is 0 Å². The van der Waals surface area contributed by atoms with E-state index in [2.05, 4.69) is 4.74 Å². The third-order valence-corrected chi connectivity index (χ3v) is 4.70. The fourth-order valence-corrected chi connectivity index (χ4v) is 2.54. The minimum atomic E-state index is -4.65. The molecule has 0 aliphatic carbocycles. The van der Waals surface area contributed by atoms with Gasteiger partial charge in [-0.05, 0) is 18.2 Å². The summed E-state index contributed by atoms with van der Waals surface area (Å²) >= 11 is 0. The van der Waals surface area contributed by atoms with Gasteiger partial charge in [0.2, 0.25) is 10.0 Å². The van der Waals surface area contributed by atoms with Crippen molar-refractivity contribution >= 4 is 27.9 Å². The van der Waals surface area contributed by atoms with Gasteiger partial charge in [0.15, 0.2) is 6.61 Å². The second kappa shape index (κ2) is 8.81. The third-order valence-electron chi connectivity index (χ3n) is 2.89. The molecule has 0 saturated heterocycles. The number of carbonyl (C=O) groups excluding carboxylic acids is 3. The summed E-state index contributed by atoms with van der Waals surface area (Å²) < 4.78 is 65.3. The lowest BCUT2D eigenvalue weighted by molar-refractivity contribution is -0.125. The Morgan fingerprint density at radius 2 is 1.81 bits per heavy atom. The molecule has 9 nitrogen and oxygen atoms in total. The number of sulfonamides is 1. The van der Waals surface area contributed by atoms with Crippen LogP contribution in [0, 0.1) is 0 Å². The molecule has 0 aliphatic rings. The van der Waals surface area contributed by atoms with Gasteiger partial charge in [0.05, 0.1) is 10.5 Å². The summed E-state index contributed by atoms with van der Waals surface area (Å²) in [5, 5.41) is 2.94. The fourth-order valence-electron chi connectivity index (χ4n) is 1.60. The van der Waals surface area contributed by atoms with Crippen LogP contribution < -0.4 is 10.6 Å². The number of halogens is 3. The summed E-state index contributed by atoms with van der Waals surface area (Å²) in [4.78, 5) is 34.2. The van der Waals surface area contributed by atoms with Crippen LogP contribution in [0.1, 0.15) is 10.4 Å². The van der Waals surface area contributed by atoms with Gasteiger partial charge < -0.3 is 10.1 Å². The first kappa shape index (κ1) is 22.4. The number of urea groups is 1. The van der Waals surface area contributed by atoms with Crippen molar-refractivity contribution in [3.05, 3.63) is 29.8 Å².